The zero-order chi connectivity index (χ0) is 18.8. The molecular weight excluding hydrogens is 385 g/mol. The lowest BCUT2D eigenvalue weighted by Crippen LogP contribution is -2.13. The molecule has 0 fully saturated rings. The van der Waals surface area contributed by atoms with Gasteiger partial charge in [0.05, 0.1) is 23.3 Å². The van der Waals surface area contributed by atoms with Crippen LogP contribution in [0.25, 0.3) is 0 Å². The van der Waals surface area contributed by atoms with Crippen molar-refractivity contribution in [3.05, 3.63) is 58.6 Å². The van der Waals surface area contributed by atoms with Crippen LogP contribution < -0.4 is 4.18 Å². The Bertz CT molecular complexity index is 910. The van der Waals surface area contributed by atoms with E-state index in [1.807, 2.05) is 0 Å². The number of esters is 1. The van der Waals surface area contributed by atoms with E-state index in [1.165, 1.54) is 18.2 Å². The Labute approximate surface area is 146 Å². The van der Waals surface area contributed by atoms with Crippen LogP contribution in [-0.4, -0.2) is 21.5 Å². The molecule has 0 atom stereocenters. The number of carbonyl (C=O) groups excluding carboxylic acids is 1. The minimum Gasteiger partial charge on any atom is -0.465 e. The molecule has 0 aliphatic carbocycles. The maximum Gasteiger partial charge on any atom is 0.417 e. The standard InChI is InChI=1S/C15H10ClF3O5S/c1-23-14(20)9-3-2-4-10(7-9)24-25(21,22)11-5-6-13(16)12(8-11)15(17,18)19/h2-8H,1H3. The lowest BCUT2D eigenvalue weighted by molar-refractivity contribution is -0.137. The summed E-state index contributed by atoms with van der Waals surface area (Å²) in [7, 11) is -3.43. The number of benzene rings is 2. The SMILES string of the molecule is COC(=O)c1cccc(OS(=O)(=O)c2ccc(Cl)c(C(F)(F)F)c2)c1. The Morgan fingerprint density at radius 1 is 1.12 bits per heavy atom. The molecule has 0 saturated heterocycles. The molecule has 0 aliphatic rings. The number of hydrogen-bond donors (Lipinski definition) is 0. The second-order valence-corrected chi connectivity index (χ2v) is 6.65. The van der Waals surface area contributed by atoms with Crippen LogP contribution in [0.4, 0.5) is 13.2 Å². The summed E-state index contributed by atoms with van der Waals surface area (Å²) in [5, 5.41) is -0.640. The lowest BCUT2D eigenvalue weighted by Gasteiger charge is -2.12. The molecular formula is C15H10ClF3O5S. The van der Waals surface area contributed by atoms with E-state index in [1.54, 1.807) is 0 Å². The van der Waals surface area contributed by atoms with E-state index < -0.39 is 37.7 Å². The van der Waals surface area contributed by atoms with Crippen LogP contribution in [0.2, 0.25) is 5.02 Å². The first-order chi connectivity index (χ1) is 11.5. The molecule has 0 amide bonds. The van der Waals surface area contributed by atoms with Crippen molar-refractivity contribution >= 4 is 27.7 Å². The van der Waals surface area contributed by atoms with Gasteiger partial charge in [0, 0.05) is 0 Å². The van der Waals surface area contributed by atoms with Gasteiger partial charge in [-0.1, -0.05) is 17.7 Å². The van der Waals surface area contributed by atoms with E-state index in [0.717, 1.165) is 25.3 Å². The highest BCUT2D eigenvalue weighted by Crippen LogP contribution is 2.36. The molecule has 25 heavy (non-hydrogen) atoms. The van der Waals surface area contributed by atoms with Crippen molar-refractivity contribution in [1.29, 1.82) is 0 Å². The Morgan fingerprint density at radius 3 is 2.40 bits per heavy atom. The zero-order valence-corrected chi connectivity index (χ0v) is 14.1. The van der Waals surface area contributed by atoms with E-state index in [2.05, 4.69) is 4.74 Å². The number of carbonyl (C=O) groups is 1. The Hall–Kier alpha value is -2.26. The number of rotatable bonds is 4. The average Bonchev–Trinajstić information content (AvgIpc) is 2.53. The normalized spacial score (nSPS) is 11.9. The quantitative estimate of drug-likeness (QED) is 0.581. The molecule has 0 spiro atoms. The highest BCUT2D eigenvalue weighted by molar-refractivity contribution is 7.87. The van der Waals surface area contributed by atoms with Crippen molar-refractivity contribution < 1.29 is 35.3 Å². The van der Waals surface area contributed by atoms with Gasteiger partial charge in [-0.3, -0.25) is 0 Å². The average molecular weight is 395 g/mol. The third kappa shape index (κ3) is 4.43. The maximum absolute atomic E-state index is 12.9. The highest BCUT2D eigenvalue weighted by atomic mass is 35.5. The fourth-order valence-electron chi connectivity index (χ4n) is 1.84. The number of halogens is 4. The summed E-state index contributed by atoms with van der Waals surface area (Å²) >= 11 is 5.46. The van der Waals surface area contributed by atoms with Crippen molar-refractivity contribution in [3.8, 4) is 5.75 Å². The molecule has 0 aromatic heterocycles. The van der Waals surface area contributed by atoms with E-state index >= 15 is 0 Å². The summed E-state index contributed by atoms with van der Waals surface area (Å²) in [4.78, 5) is 10.7. The third-order valence-electron chi connectivity index (χ3n) is 2.99. The third-order valence-corrected chi connectivity index (χ3v) is 4.57. The molecule has 0 aliphatic heterocycles. The molecule has 0 saturated carbocycles. The van der Waals surface area contributed by atoms with Crippen molar-refractivity contribution in [2.75, 3.05) is 7.11 Å². The number of ether oxygens (including phenoxy) is 1. The van der Waals surface area contributed by atoms with Crippen molar-refractivity contribution in [1.82, 2.24) is 0 Å². The van der Waals surface area contributed by atoms with Crippen LogP contribution in [0.1, 0.15) is 15.9 Å². The molecule has 0 bridgehead atoms. The van der Waals surface area contributed by atoms with Gasteiger partial charge in [-0.05, 0) is 36.4 Å². The van der Waals surface area contributed by atoms with Gasteiger partial charge in [0.15, 0.2) is 0 Å². The highest BCUT2D eigenvalue weighted by Gasteiger charge is 2.34. The first kappa shape index (κ1) is 19.1. The van der Waals surface area contributed by atoms with Crippen LogP contribution in [0.15, 0.2) is 47.4 Å². The molecule has 5 nitrogen and oxygen atoms in total. The van der Waals surface area contributed by atoms with Crippen LogP contribution >= 0.6 is 11.6 Å². The Balaban J connectivity index is 2.39. The first-order valence-corrected chi connectivity index (χ1v) is 8.33. The Morgan fingerprint density at radius 2 is 1.80 bits per heavy atom. The summed E-state index contributed by atoms with van der Waals surface area (Å²) in [6.07, 6.45) is -4.83. The summed E-state index contributed by atoms with van der Waals surface area (Å²) in [5.74, 6) is -0.986. The van der Waals surface area contributed by atoms with Gasteiger partial charge in [-0.25, -0.2) is 4.79 Å². The smallest absolute Gasteiger partial charge is 0.417 e. The summed E-state index contributed by atoms with van der Waals surface area (Å²) < 4.78 is 72.2. The van der Waals surface area contributed by atoms with E-state index in [4.69, 9.17) is 15.8 Å². The molecule has 0 heterocycles. The molecule has 2 aromatic rings. The number of hydrogen-bond acceptors (Lipinski definition) is 5. The fraction of sp³-hybridized carbons (Fsp3) is 0.133. The van der Waals surface area contributed by atoms with Crippen LogP contribution in [0.5, 0.6) is 5.75 Å². The van der Waals surface area contributed by atoms with Gasteiger partial charge < -0.3 is 8.92 Å². The number of alkyl halides is 3. The van der Waals surface area contributed by atoms with E-state index in [-0.39, 0.29) is 11.3 Å². The lowest BCUT2D eigenvalue weighted by atomic mass is 10.2. The van der Waals surface area contributed by atoms with E-state index in [0.29, 0.717) is 6.07 Å². The molecule has 2 aromatic carbocycles. The predicted octanol–water partition coefficient (Wildman–Crippen LogP) is 3.91. The molecule has 0 unspecified atom stereocenters. The minimum atomic E-state index is -4.83. The summed E-state index contributed by atoms with van der Waals surface area (Å²) in [5.41, 5.74) is -1.29. The minimum absolute atomic E-state index is 0.0160. The molecule has 2 rings (SSSR count). The second-order valence-electron chi connectivity index (χ2n) is 4.70. The molecule has 0 radical (unpaired) electrons. The van der Waals surface area contributed by atoms with Gasteiger partial charge in [-0.15, -0.1) is 0 Å². The predicted molar refractivity (Wildman–Crippen MR) is 82.0 cm³/mol. The molecule has 10 heteroatoms. The van der Waals surface area contributed by atoms with Gasteiger partial charge in [-0.2, -0.15) is 21.6 Å². The van der Waals surface area contributed by atoms with Crippen molar-refractivity contribution in [3.63, 3.8) is 0 Å². The van der Waals surface area contributed by atoms with Crippen molar-refractivity contribution in [2.24, 2.45) is 0 Å². The van der Waals surface area contributed by atoms with Gasteiger partial charge in [0.25, 0.3) is 0 Å². The van der Waals surface area contributed by atoms with Crippen LogP contribution in [0.3, 0.4) is 0 Å². The molecule has 0 N–H and O–H groups in total. The molecule has 134 valence electrons. The van der Waals surface area contributed by atoms with E-state index in [9.17, 15) is 26.4 Å². The fourth-order valence-corrected chi connectivity index (χ4v) is 3.02. The van der Waals surface area contributed by atoms with Gasteiger partial charge in [0.1, 0.15) is 10.6 Å². The van der Waals surface area contributed by atoms with Crippen LogP contribution in [0, 0.1) is 0 Å². The second kappa shape index (κ2) is 6.93. The summed E-state index contributed by atoms with van der Waals surface area (Å²) in [6.45, 7) is 0. The topological polar surface area (TPSA) is 69.7 Å². The monoisotopic (exact) mass is 394 g/mol. The van der Waals surface area contributed by atoms with Crippen LogP contribution in [-0.2, 0) is 21.0 Å². The maximum atomic E-state index is 12.9. The summed E-state index contributed by atoms with van der Waals surface area (Å²) in [6, 6.07) is 7.08. The van der Waals surface area contributed by atoms with Gasteiger partial charge >= 0.3 is 22.3 Å². The largest absolute Gasteiger partial charge is 0.465 e. The Kier molecular flexibility index (Phi) is 5.28. The number of methoxy groups -OCH3 is 1. The zero-order valence-electron chi connectivity index (χ0n) is 12.5. The van der Waals surface area contributed by atoms with Crippen molar-refractivity contribution in [2.45, 2.75) is 11.1 Å². The first-order valence-electron chi connectivity index (χ1n) is 6.54. The van der Waals surface area contributed by atoms with Gasteiger partial charge in [0.2, 0.25) is 0 Å².